The van der Waals surface area contributed by atoms with Crippen LogP contribution in [0.2, 0.25) is 0 Å². The van der Waals surface area contributed by atoms with E-state index >= 15 is 0 Å². The third-order valence-corrected chi connectivity index (χ3v) is 4.71. The summed E-state index contributed by atoms with van der Waals surface area (Å²) >= 11 is 0. The Morgan fingerprint density at radius 3 is 1.96 bits per heavy atom. The molecule has 4 rings (SSSR count). The lowest BCUT2D eigenvalue weighted by atomic mass is 10.1. The van der Waals surface area contributed by atoms with Gasteiger partial charge < -0.3 is 4.57 Å². The third-order valence-electron chi connectivity index (χ3n) is 4.71. The number of carbonyl (C=O) groups excluding carboxylic acids is 1. The topological polar surface area (TPSA) is 22.0 Å². The Labute approximate surface area is 147 Å². The van der Waals surface area contributed by atoms with E-state index in [0.29, 0.717) is 13.0 Å². The Morgan fingerprint density at radius 2 is 1.40 bits per heavy atom. The summed E-state index contributed by atoms with van der Waals surface area (Å²) in [6.45, 7) is 4.42. The number of hydrogen-bond donors (Lipinski definition) is 0. The molecular formula is C23H19NO. The normalized spacial score (nSPS) is 11.0. The third kappa shape index (κ3) is 2.76. The average Bonchev–Trinajstić information content (AvgIpc) is 3.00. The van der Waals surface area contributed by atoms with E-state index < -0.39 is 0 Å². The first kappa shape index (κ1) is 15.4. The van der Waals surface area contributed by atoms with Crippen molar-refractivity contribution in [3.8, 4) is 0 Å². The van der Waals surface area contributed by atoms with Crippen molar-refractivity contribution < 1.29 is 4.79 Å². The predicted molar refractivity (Wildman–Crippen MR) is 105 cm³/mol. The van der Waals surface area contributed by atoms with Crippen molar-refractivity contribution in [1.29, 1.82) is 0 Å². The number of nitrogens with zero attached hydrogens (tertiary/aromatic N) is 1. The minimum absolute atomic E-state index is 0.164. The second kappa shape index (κ2) is 6.40. The van der Waals surface area contributed by atoms with Crippen LogP contribution in [0.15, 0.2) is 79.4 Å². The van der Waals surface area contributed by atoms with Gasteiger partial charge in [0.15, 0.2) is 5.78 Å². The lowest BCUT2D eigenvalue weighted by molar-refractivity contribution is 0.0978. The average molecular weight is 325 g/mol. The number of benzene rings is 3. The number of rotatable bonds is 5. The van der Waals surface area contributed by atoms with E-state index in [0.717, 1.165) is 11.1 Å². The second-order valence-electron chi connectivity index (χ2n) is 6.19. The maximum absolute atomic E-state index is 12.6. The Morgan fingerprint density at radius 1 is 0.840 bits per heavy atom. The molecule has 0 saturated heterocycles. The van der Waals surface area contributed by atoms with Crippen molar-refractivity contribution >= 4 is 33.7 Å². The first-order valence-corrected chi connectivity index (χ1v) is 8.49. The number of ketones is 1. The van der Waals surface area contributed by atoms with Crippen molar-refractivity contribution in [3.05, 3.63) is 90.5 Å². The van der Waals surface area contributed by atoms with Crippen LogP contribution in [0.25, 0.3) is 27.9 Å². The highest BCUT2D eigenvalue weighted by Crippen LogP contribution is 2.29. The van der Waals surface area contributed by atoms with E-state index in [9.17, 15) is 4.79 Å². The molecule has 0 aliphatic carbocycles. The number of para-hydroxylation sites is 2. The van der Waals surface area contributed by atoms with Gasteiger partial charge in [0.25, 0.3) is 0 Å². The van der Waals surface area contributed by atoms with Crippen molar-refractivity contribution in [2.45, 2.75) is 13.0 Å². The van der Waals surface area contributed by atoms with Gasteiger partial charge in [-0.3, -0.25) is 4.79 Å². The molecule has 122 valence electrons. The Kier molecular flexibility index (Phi) is 3.95. The van der Waals surface area contributed by atoms with Crippen LogP contribution in [0.3, 0.4) is 0 Å². The molecule has 2 heteroatoms. The quantitative estimate of drug-likeness (QED) is 0.431. The standard InChI is InChI=1S/C23H19NO/c1-2-17-11-13-18(14-12-17)23(25)15-16-24-21-9-5-3-7-19(21)20-8-4-6-10-22(20)24/h2-14H,1,15-16H2. The van der Waals surface area contributed by atoms with Gasteiger partial charge in [-0.05, 0) is 17.7 Å². The van der Waals surface area contributed by atoms with Gasteiger partial charge in [0.1, 0.15) is 0 Å². The summed E-state index contributed by atoms with van der Waals surface area (Å²) in [4.78, 5) is 12.6. The summed E-state index contributed by atoms with van der Waals surface area (Å²) in [6.07, 6.45) is 2.27. The molecule has 25 heavy (non-hydrogen) atoms. The van der Waals surface area contributed by atoms with E-state index in [2.05, 4.69) is 47.5 Å². The fourth-order valence-corrected chi connectivity index (χ4v) is 3.41. The molecule has 0 saturated carbocycles. The zero-order valence-electron chi connectivity index (χ0n) is 14.0. The molecule has 0 fully saturated rings. The van der Waals surface area contributed by atoms with E-state index in [4.69, 9.17) is 0 Å². The number of carbonyl (C=O) groups is 1. The maximum atomic E-state index is 12.6. The van der Waals surface area contributed by atoms with Gasteiger partial charge in [0.05, 0.1) is 0 Å². The molecule has 3 aromatic carbocycles. The van der Waals surface area contributed by atoms with Crippen LogP contribution in [0.5, 0.6) is 0 Å². The van der Waals surface area contributed by atoms with Gasteiger partial charge in [-0.1, -0.05) is 73.3 Å². The summed E-state index contributed by atoms with van der Waals surface area (Å²) in [5.74, 6) is 0.164. The Bertz CT molecular complexity index is 1020. The van der Waals surface area contributed by atoms with E-state index in [1.165, 1.54) is 21.8 Å². The van der Waals surface area contributed by atoms with Crippen LogP contribution in [0.4, 0.5) is 0 Å². The van der Waals surface area contributed by atoms with Crippen LogP contribution < -0.4 is 0 Å². The molecule has 0 aliphatic heterocycles. The van der Waals surface area contributed by atoms with Gasteiger partial charge in [-0.15, -0.1) is 0 Å². The van der Waals surface area contributed by atoms with Gasteiger partial charge in [0, 0.05) is 40.3 Å². The Balaban J connectivity index is 1.65. The zero-order chi connectivity index (χ0) is 17.2. The van der Waals surface area contributed by atoms with Crippen LogP contribution in [0.1, 0.15) is 22.3 Å². The molecule has 1 heterocycles. The summed E-state index contributed by atoms with van der Waals surface area (Å²) in [5.41, 5.74) is 4.14. The molecular weight excluding hydrogens is 306 g/mol. The lowest BCUT2D eigenvalue weighted by Gasteiger charge is -2.07. The van der Waals surface area contributed by atoms with Crippen LogP contribution in [-0.2, 0) is 6.54 Å². The van der Waals surface area contributed by atoms with E-state index in [1.54, 1.807) is 6.08 Å². The largest absolute Gasteiger partial charge is 0.340 e. The molecule has 0 unspecified atom stereocenters. The summed E-state index contributed by atoms with van der Waals surface area (Å²) in [5, 5.41) is 2.47. The molecule has 0 amide bonds. The number of aromatic nitrogens is 1. The number of hydrogen-bond acceptors (Lipinski definition) is 1. The van der Waals surface area contributed by atoms with Crippen molar-refractivity contribution in [2.24, 2.45) is 0 Å². The molecule has 0 radical (unpaired) electrons. The summed E-state index contributed by atoms with van der Waals surface area (Å²) in [7, 11) is 0. The van der Waals surface area contributed by atoms with Crippen molar-refractivity contribution in [2.75, 3.05) is 0 Å². The highest BCUT2D eigenvalue weighted by Gasteiger charge is 2.12. The predicted octanol–water partition coefficient (Wildman–Crippen LogP) is 5.71. The fraction of sp³-hybridized carbons (Fsp3) is 0.0870. The smallest absolute Gasteiger partial charge is 0.164 e. The number of Topliss-reactive ketones (excluding diaryl/α,β-unsaturated/α-hetero) is 1. The molecule has 4 aromatic rings. The number of aryl methyl sites for hydroxylation is 1. The van der Waals surface area contributed by atoms with Crippen molar-refractivity contribution in [3.63, 3.8) is 0 Å². The van der Waals surface area contributed by atoms with Crippen LogP contribution in [0, 0.1) is 0 Å². The van der Waals surface area contributed by atoms with Gasteiger partial charge >= 0.3 is 0 Å². The molecule has 0 bridgehead atoms. The van der Waals surface area contributed by atoms with Gasteiger partial charge in [-0.2, -0.15) is 0 Å². The minimum Gasteiger partial charge on any atom is -0.340 e. The molecule has 0 spiro atoms. The first-order valence-electron chi connectivity index (χ1n) is 8.49. The Hall–Kier alpha value is -3.13. The monoisotopic (exact) mass is 325 g/mol. The summed E-state index contributed by atoms with van der Waals surface area (Å²) in [6, 6.07) is 24.4. The number of fused-ring (bicyclic) bond motifs is 3. The van der Waals surface area contributed by atoms with Gasteiger partial charge in [-0.25, -0.2) is 0 Å². The van der Waals surface area contributed by atoms with Crippen molar-refractivity contribution in [1.82, 2.24) is 4.57 Å². The first-order chi connectivity index (χ1) is 12.3. The zero-order valence-corrected chi connectivity index (χ0v) is 14.0. The van der Waals surface area contributed by atoms with E-state index in [1.807, 2.05) is 36.4 Å². The highest BCUT2D eigenvalue weighted by molar-refractivity contribution is 6.08. The van der Waals surface area contributed by atoms with Gasteiger partial charge in [0.2, 0.25) is 0 Å². The maximum Gasteiger partial charge on any atom is 0.164 e. The molecule has 0 atom stereocenters. The molecule has 0 aliphatic rings. The second-order valence-corrected chi connectivity index (χ2v) is 6.19. The highest BCUT2D eigenvalue weighted by atomic mass is 16.1. The molecule has 2 nitrogen and oxygen atoms in total. The van der Waals surface area contributed by atoms with E-state index in [-0.39, 0.29) is 5.78 Å². The summed E-state index contributed by atoms with van der Waals surface area (Å²) < 4.78 is 2.25. The lowest BCUT2D eigenvalue weighted by Crippen LogP contribution is -2.06. The minimum atomic E-state index is 0.164. The molecule has 0 N–H and O–H groups in total. The van der Waals surface area contributed by atoms with Crippen LogP contribution >= 0.6 is 0 Å². The SMILES string of the molecule is C=Cc1ccc(C(=O)CCn2c3ccccc3c3ccccc32)cc1. The fourth-order valence-electron chi connectivity index (χ4n) is 3.41. The van der Waals surface area contributed by atoms with Crippen LogP contribution in [-0.4, -0.2) is 10.4 Å². The molecule has 1 aromatic heterocycles.